The molecule has 0 heterocycles. The van der Waals surface area contributed by atoms with Gasteiger partial charge in [0.25, 0.3) is 10.1 Å². The highest BCUT2D eigenvalue weighted by atomic mass is 35.5. The Kier molecular flexibility index (Phi) is 1.50. The van der Waals surface area contributed by atoms with Crippen molar-refractivity contribution >= 4 is 29.0 Å². The largest absolute Gasteiger partial charge is 0.374 e. The molecule has 0 bridgehead atoms. The average Bonchev–Trinajstić information content (AvgIpc) is 1.84. The molecular weight excluding hydrogens is 211 g/mol. The van der Waals surface area contributed by atoms with Gasteiger partial charge in [0.15, 0.2) is 0 Å². The predicted octanol–water partition coefficient (Wildman–Crippen LogP) is 2.01. The Morgan fingerprint density at radius 2 is 1.45 bits per heavy atom. The van der Waals surface area contributed by atoms with Crippen molar-refractivity contribution < 1.29 is 22.4 Å². The van der Waals surface area contributed by atoms with Crippen LogP contribution in [0.5, 0.6) is 0 Å². The van der Waals surface area contributed by atoms with Crippen molar-refractivity contribution in [3.05, 3.63) is 0 Å². The first-order chi connectivity index (χ1) is 4.65. The van der Waals surface area contributed by atoms with E-state index in [9.17, 15) is 22.4 Å². The molecule has 0 unspecified atom stereocenters. The van der Waals surface area contributed by atoms with Gasteiger partial charge in [0, 0.05) is 0 Å². The van der Waals surface area contributed by atoms with Crippen LogP contribution in [0.15, 0.2) is 0 Å². The molecule has 0 aromatic rings. The van der Waals surface area contributed by atoms with Crippen LogP contribution in [-0.2, 0) is 4.79 Å². The Hall–Kier alpha value is -0.0300. The Labute approximate surface area is 68.3 Å². The van der Waals surface area contributed by atoms with Gasteiger partial charge in [-0.3, -0.25) is 4.79 Å². The van der Waals surface area contributed by atoms with Crippen LogP contribution in [0.4, 0.5) is 17.6 Å². The molecule has 0 spiro atoms. The molecule has 1 aliphatic carbocycles. The normalized spacial score (nSPS) is 31.3. The number of hydrogen-bond donors (Lipinski definition) is 0. The number of ketones is 1. The van der Waals surface area contributed by atoms with Crippen LogP contribution in [-0.4, -0.2) is 22.0 Å². The summed E-state index contributed by atoms with van der Waals surface area (Å²) < 4.78 is 44.8. The number of halogens is 6. The highest BCUT2D eigenvalue weighted by molar-refractivity contribution is 6.62. The van der Waals surface area contributed by atoms with Crippen molar-refractivity contribution in [2.45, 2.75) is 16.2 Å². The molecule has 1 fully saturated rings. The molecule has 0 saturated heterocycles. The SMILES string of the molecule is O=C1C(F)(F)C(F)(F)C1(Cl)Cl. The lowest BCUT2D eigenvalue weighted by Crippen LogP contribution is -2.74. The Balaban J connectivity index is 3.08. The molecular formula is C4Cl2F4O. The van der Waals surface area contributed by atoms with Crippen LogP contribution < -0.4 is 0 Å². The summed E-state index contributed by atoms with van der Waals surface area (Å²) in [5, 5.41) is 0. The van der Waals surface area contributed by atoms with E-state index in [0.717, 1.165) is 0 Å². The molecule has 64 valence electrons. The van der Waals surface area contributed by atoms with Crippen LogP contribution in [0.3, 0.4) is 0 Å². The molecule has 0 aliphatic heterocycles. The van der Waals surface area contributed by atoms with Crippen molar-refractivity contribution in [2.24, 2.45) is 0 Å². The van der Waals surface area contributed by atoms with E-state index in [0.29, 0.717) is 0 Å². The van der Waals surface area contributed by atoms with Crippen LogP contribution in [0, 0.1) is 0 Å². The molecule has 0 aromatic carbocycles. The zero-order chi connectivity index (χ0) is 9.08. The van der Waals surface area contributed by atoms with Crippen molar-refractivity contribution in [1.29, 1.82) is 0 Å². The summed E-state index contributed by atoms with van der Waals surface area (Å²) in [6.07, 6.45) is 0. The summed E-state index contributed by atoms with van der Waals surface area (Å²) in [6.45, 7) is 0. The highest BCUT2D eigenvalue weighted by Gasteiger charge is 2.87. The second-order valence-electron chi connectivity index (χ2n) is 2.05. The fraction of sp³-hybridized carbons (Fsp3) is 0.750. The average molecular weight is 211 g/mol. The van der Waals surface area contributed by atoms with Gasteiger partial charge in [-0.05, 0) is 0 Å². The van der Waals surface area contributed by atoms with Crippen molar-refractivity contribution in [2.75, 3.05) is 0 Å². The van der Waals surface area contributed by atoms with Crippen LogP contribution in [0.25, 0.3) is 0 Å². The molecule has 1 saturated carbocycles. The van der Waals surface area contributed by atoms with Gasteiger partial charge in [-0.2, -0.15) is 17.6 Å². The van der Waals surface area contributed by atoms with Gasteiger partial charge in [0.05, 0.1) is 0 Å². The maximum absolute atomic E-state index is 12.1. The summed E-state index contributed by atoms with van der Waals surface area (Å²) in [5.41, 5.74) is 0. The number of hydrogen-bond acceptors (Lipinski definition) is 1. The minimum Gasteiger partial charge on any atom is -0.289 e. The maximum Gasteiger partial charge on any atom is 0.374 e. The van der Waals surface area contributed by atoms with E-state index >= 15 is 0 Å². The summed E-state index contributed by atoms with van der Waals surface area (Å²) in [4.78, 5) is 10.1. The van der Waals surface area contributed by atoms with Crippen molar-refractivity contribution in [1.82, 2.24) is 0 Å². The molecule has 0 N–H and O–H groups in total. The second-order valence-corrected chi connectivity index (χ2v) is 3.38. The number of alkyl halides is 6. The Morgan fingerprint density at radius 3 is 1.55 bits per heavy atom. The van der Waals surface area contributed by atoms with Crippen LogP contribution >= 0.6 is 23.2 Å². The summed E-state index contributed by atoms with van der Waals surface area (Å²) in [6, 6.07) is 0. The van der Waals surface area contributed by atoms with Gasteiger partial charge in [-0.15, -0.1) is 0 Å². The standard InChI is InChI=1S/C4Cl2F4O/c5-2(6)1(11)3(7,8)4(2,9)10. The summed E-state index contributed by atoms with van der Waals surface area (Å²) in [5.74, 6) is -11.5. The van der Waals surface area contributed by atoms with Gasteiger partial charge in [-0.1, -0.05) is 23.2 Å². The van der Waals surface area contributed by atoms with Gasteiger partial charge in [0.2, 0.25) is 0 Å². The Morgan fingerprint density at radius 1 is 1.09 bits per heavy atom. The van der Waals surface area contributed by atoms with Crippen LogP contribution in [0.1, 0.15) is 0 Å². The lowest BCUT2D eigenvalue weighted by molar-refractivity contribution is -0.252. The minimum atomic E-state index is -4.73. The number of carbonyl (C=O) groups excluding carboxylic acids is 1. The summed E-state index contributed by atoms with van der Waals surface area (Å²) >= 11 is 9.23. The smallest absolute Gasteiger partial charge is 0.289 e. The quantitative estimate of drug-likeness (QED) is 0.442. The number of rotatable bonds is 0. The van der Waals surface area contributed by atoms with E-state index < -0.39 is 22.0 Å². The number of Topliss-reactive ketones (excluding diaryl/α,β-unsaturated/α-hetero) is 1. The molecule has 7 heteroatoms. The molecule has 1 nitrogen and oxygen atoms in total. The van der Waals surface area contributed by atoms with E-state index in [4.69, 9.17) is 0 Å². The molecule has 1 aliphatic rings. The first-order valence-electron chi connectivity index (χ1n) is 2.34. The molecule has 0 amide bonds. The number of carbonyl (C=O) groups is 1. The highest BCUT2D eigenvalue weighted by Crippen LogP contribution is 2.60. The second kappa shape index (κ2) is 1.82. The van der Waals surface area contributed by atoms with E-state index in [1.165, 1.54) is 0 Å². The van der Waals surface area contributed by atoms with Crippen LogP contribution in [0.2, 0.25) is 0 Å². The van der Waals surface area contributed by atoms with Gasteiger partial charge in [-0.25, -0.2) is 0 Å². The van der Waals surface area contributed by atoms with E-state index in [1.54, 1.807) is 0 Å². The zero-order valence-electron chi connectivity index (χ0n) is 4.68. The van der Waals surface area contributed by atoms with Gasteiger partial charge < -0.3 is 0 Å². The first-order valence-corrected chi connectivity index (χ1v) is 3.09. The molecule has 11 heavy (non-hydrogen) atoms. The lowest BCUT2D eigenvalue weighted by Gasteiger charge is -2.43. The fourth-order valence-corrected chi connectivity index (χ4v) is 1.09. The first kappa shape index (κ1) is 9.06. The molecule has 0 radical (unpaired) electrons. The van der Waals surface area contributed by atoms with Gasteiger partial charge in [0.1, 0.15) is 0 Å². The minimum absolute atomic E-state index is 2.15. The lowest BCUT2D eigenvalue weighted by atomic mass is 9.86. The van der Waals surface area contributed by atoms with E-state index in [2.05, 4.69) is 23.2 Å². The zero-order valence-corrected chi connectivity index (χ0v) is 6.19. The van der Waals surface area contributed by atoms with E-state index in [1.807, 2.05) is 0 Å². The maximum atomic E-state index is 12.1. The molecule has 1 rings (SSSR count). The molecule has 0 aromatic heterocycles. The Bertz CT molecular complexity index is 204. The monoisotopic (exact) mass is 210 g/mol. The summed E-state index contributed by atoms with van der Waals surface area (Å²) in [7, 11) is 0. The van der Waals surface area contributed by atoms with Crippen molar-refractivity contribution in [3.63, 3.8) is 0 Å². The third-order valence-corrected chi connectivity index (χ3v) is 2.18. The third-order valence-electron chi connectivity index (χ3n) is 1.36. The van der Waals surface area contributed by atoms with Crippen molar-refractivity contribution in [3.8, 4) is 0 Å². The topological polar surface area (TPSA) is 17.1 Å². The fourth-order valence-electron chi connectivity index (χ4n) is 0.617. The predicted molar refractivity (Wildman–Crippen MR) is 29.3 cm³/mol. The third kappa shape index (κ3) is 0.705. The van der Waals surface area contributed by atoms with E-state index in [-0.39, 0.29) is 0 Å². The van der Waals surface area contributed by atoms with Gasteiger partial charge >= 0.3 is 11.8 Å². The molecule has 0 atom stereocenters.